The fourth-order valence-electron chi connectivity index (χ4n) is 5.14. The quantitative estimate of drug-likeness (QED) is 0.114. The third-order valence-electron chi connectivity index (χ3n) is 7.67. The highest BCUT2D eigenvalue weighted by molar-refractivity contribution is 7.13. The van der Waals surface area contributed by atoms with E-state index in [1.807, 2.05) is 13.8 Å². The Kier molecular flexibility index (Phi) is 13.0. The molecule has 0 aliphatic heterocycles. The van der Waals surface area contributed by atoms with Crippen molar-refractivity contribution in [2.24, 2.45) is 0 Å². The van der Waals surface area contributed by atoms with Gasteiger partial charge >= 0.3 is 5.97 Å². The number of carbonyl (C=O) groups is 2. The monoisotopic (exact) mass is 716 g/mol. The number of hydrogen-bond donors (Lipinski definition) is 3. The fourth-order valence-corrected chi connectivity index (χ4v) is 5.67. The standard InChI is InChI=1S/C35H29F2N5O5S.C2H6.H3N/c1-20-6-7-24(25(36)14-20)19-47-32-5-3-4-27(40-32)22-9-8-21(26(37)15-22)17-31-39-28-11-10-23(34(44)45)16-29(28)42(31)18-30(46-2)33(43)41-35-38-12-13-48-35;1-2;/h3-16,30H,17-19H2,1-2H3,(H,44,45)(H,38,41,43);1-2H3;1H3/t30-;;/m1../s1. The number of rotatable bonds is 12. The van der Waals surface area contributed by atoms with Crippen LogP contribution in [0.25, 0.3) is 22.3 Å². The first-order valence-electron chi connectivity index (χ1n) is 15.8. The van der Waals surface area contributed by atoms with E-state index in [-0.39, 0.29) is 43.0 Å². The molecule has 51 heavy (non-hydrogen) atoms. The molecule has 3 aromatic heterocycles. The minimum atomic E-state index is -1.12. The van der Waals surface area contributed by atoms with Gasteiger partial charge in [-0.15, -0.1) is 11.3 Å². The number of carboxylic acid groups (broad SMARTS) is 1. The first-order valence-corrected chi connectivity index (χ1v) is 16.7. The van der Waals surface area contributed by atoms with Crippen LogP contribution in [0.5, 0.6) is 5.88 Å². The zero-order valence-corrected chi connectivity index (χ0v) is 29.3. The number of carbonyl (C=O) groups excluding carboxylic acids is 1. The van der Waals surface area contributed by atoms with Gasteiger partial charge in [0.25, 0.3) is 5.91 Å². The number of anilines is 1. The second-order valence-electron chi connectivity index (χ2n) is 10.9. The maximum Gasteiger partial charge on any atom is 0.335 e. The Labute approximate surface area is 297 Å². The van der Waals surface area contributed by atoms with E-state index in [1.165, 1.54) is 42.7 Å². The number of pyridine rings is 1. The number of hydrogen-bond acceptors (Lipinski definition) is 9. The van der Waals surface area contributed by atoms with Crippen molar-refractivity contribution in [2.75, 3.05) is 12.4 Å². The number of amides is 1. The van der Waals surface area contributed by atoms with Gasteiger partial charge in [0.2, 0.25) is 5.88 Å². The van der Waals surface area contributed by atoms with Crippen molar-refractivity contribution in [3.8, 4) is 17.1 Å². The summed E-state index contributed by atoms with van der Waals surface area (Å²) in [5, 5.41) is 14.4. The lowest BCUT2D eigenvalue weighted by molar-refractivity contribution is -0.126. The maximum absolute atomic E-state index is 15.7. The number of nitrogens with zero attached hydrogens (tertiary/aromatic N) is 4. The van der Waals surface area contributed by atoms with Gasteiger partial charge < -0.3 is 25.3 Å². The summed E-state index contributed by atoms with van der Waals surface area (Å²) in [5.74, 6) is -1.79. The van der Waals surface area contributed by atoms with Gasteiger partial charge in [-0.3, -0.25) is 10.1 Å². The van der Waals surface area contributed by atoms with Gasteiger partial charge in [-0.05, 0) is 54.4 Å². The molecule has 0 saturated heterocycles. The molecule has 0 spiro atoms. The van der Waals surface area contributed by atoms with Crippen LogP contribution in [0, 0.1) is 18.6 Å². The molecule has 0 fully saturated rings. The number of aromatic nitrogens is 4. The van der Waals surface area contributed by atoms with E-state index in [2.05, 4.69) is 20.3 Å². The molecule has 3 aromatic carbocycles. The van der Waals surface area contributed by atoms with Crippen molar-refractivity contribution < 1.29 is 33.0 Å². The fraction of sp³-hybridized carbons (Fsp3) is 0.216. The summed E-state index contributed by atoms with van der Waals surface area (Å²) in [6, 6.07) is 19.2. The first-order chi connectivity index (χ1) is 24.2. The van der Waals surface area contributed by atoms with Gasteiger partial charge in [-0.1, -0.05) is 44.2 Å². The summed E-state index contributed by atoms with van der Waals surface area (Å²) in [4.78, 5) is 38.0. The van der Waals surface area contributed by atoms with E-state index < -0.39 is 23.8 Å². The zero-order valence-electron chi connectivity index (χ0n) is 28.5. The van der Waals surface area contributed by atoms with Gasteiger partial charge in [-0.25, -0.2) is 28.5 Å². The Balaban J connectivity index is 0.00000191. The Morgan fingerprint density at radius 1 is 0.980 bits per heavy atom. The smallest absolute Gasteiger partial charge is 0.335 e. The molecule has 0 bridgehead atoms. The minimum Gasteiger partial charge on any atom is -0.478 e. The highest BCUT2D eigenvalue weighted by Crippen LogP contribution is 2.27. The summed E-state index contributed by atoms with van der Waals surface area (Å²) in [7, 11) is 1.39. The third kappa shape index (κ3) is 9.16. The molecule has 266 valence electrons. The lowest BCUT2D eigenvalue weighted by atomic mass is 10.1. The van der Waals surface area contributed by atoms with Gasteiger partial charge in [0.1, 0.15) is 24.1 Å². The molecule has 0 saturated carbocycles. The van der Waals surface area contributed by atoms with Crippen LogP contribution in [0.4, 0.5) is 13.9 Å². The second-order valence-corrected chi connectivity index (χ2v) is 11.8. The average Bonchev–Trinajstić information content (AvgIpc) is 3.75. The molecule has 0 radical (unpaired) electrons. The molecule has 1 atom stereocenters. The van der Waals surface area contributed by atoms with Crippen LogP contribution < -0.4 is 16.2 Å². The highest BCUT2D eigenvalue weighted by Gasteiger charge is 2.24. The number of thiazole rings is 1. The van der Waals surface area contributed by atoms with Crippen molar-refractivity contribution >= 4 is 39.4 Å². The van der Waals surface area contributed by atoms with Gasteiger partial charge in [0.05, 0.1) is 28.8 Å². The Morgan fingerprint density at radius 2 is 1.75 bits per heavy atom. The van der Waals surface area contributed by atoms with Crippen molar-refractivity contribution in [2.45, 2.75) is 46.4 Å². The van der Waals surface area contributed by atoms with Crippen LogP contribution in [-0.4, -0.2) is 49.7 Å². The maximum atomic E-state index is 15.7. The predicted octanol–water partition coefficient (Wildman–Crippen LogP) is 7.85. The first kappa shape index (κ1) is 38.2. The average molecular weight is 717 g/mol. The number of nitrogens with one attached hydrogen (secondary N) is 1. The van der Waals surface area contributed by atoms with E-state index in [0.29, 0.717) is 44.4 Å². The molecule has 6 rings (SSSR count). The summed E-state index contributed by atoms with van der Waals surface area (Å²) in [6.07, 6.45) is 0.604. The van der Waals surface area contributed by atoms with Crippen LogP contribution in [0.3, 0.4) is 0 Å². The molecule has 0 aliphatic rings. The number of methoxy groups -OCH3 is 1. The second kappa shape index (κ2) is 17.4. The zero-order chi connectivity index (χ0) is 35.8. The largest absolute Gasteiger partial charge is 0.478 e. The lowest BCUT2D eigenvalue weighted by Gasteiger charge is -2.18. The van der Waals surface area contributed by atoms with E-state index in [1.54, 1.807) is 71.6 Å². The molecular formula is C37H38F2N6O5S. The van der Waals surface area contributed by atoms with Crippen LogP contribution >= 0.6 is 11.3 Å². The number of aromatic carboxylic acids is 1. The summed E-state index contributed by atoms with van der Waals surface area (Å²) in [6.45, 7) is 5.77. The summed E-state index contributed by atoms with van der Waals surface area (Å²) < 4.78 is 42.8. The third-order valence-corrected chi connectivity index (χ3v) is 8.36. The Bertz CT molecular complexity index is 2120. The highest BCUT2D eigenvalue weighted by atomic mass is 32.1. The van der Waals surface area contributed by atoms with Gasteiger partial charge in [-0.2, -0.15) is 0 Å². The number of halogens is 2. The van der Waals surface area contributed by atoms with Gasteiger partial charge in [0.15, 0.2) is 11.2 Å². The topological polar surface area (TPSA) is 163 Å². The predicted molar refractivity (Wildman–Crippen MR) is 193 cm³/mol. The molecule has 5 N–H and O–H groups in total. The molecule has 3 heterocycles. The van der Waals surface area contributed by atoms with Crippen LogP contribution in [0.2, 0.25) is 0 Å². The number of imidazole rings is 1. The SMILES string of the molecule is CC.CO[C@H](Cn1c(Cc2ccc(-c3cccc(OCc4ccc(C)cc4F)n3)cc2F)nc2ccc(C(=O)O)cc21)C(=O)Nc1nccs1.N. The Morgan fingerprint density at radius 3 is 2.43 bits per heavy atom. The number of aryl methyl sites for hydroxylation is 1. The van der Waals surface area contributed by atoms with E-state index in [4.69, 9.17) is 9.47 Å². The molecule has 1 amide bonds. The lowest BCUT2D eigenvalue weighted by Crippen LogP contribution is -2.34. The summed E-state index contributed by atoms with van der Waals surface area (Å²) in [5.41, 5.74) is 3.45. The van der Waals surface area contributed by atoms with Crippen molar-refractivity contribution in [3.63, 3.8) is 0 Å². The normalized spacial score (nSPS) is 11.3. The molecular weight excluding hydrogens is 679 g/mol. The Hall–Kier alpha value is -5.57. The van der Waals surface area contributed by atoms with E-state index in [9.17, 15) is 19.1 Å². The van der Waals surface area contributed by atoms with Crippen LogP contribution in [-0.2, 0) is 29.1 Å². The van der Waals surface area contributed by atoms with E-state index in [0.717, 1.165) is 5.56 Å². The number of benzene rings is 3. The number of ether oxygens (including phenoxy) is 2. The van der Waals surface area contributed by atoms with Crippen molar-refractivity contribution in [1.29, 1.82) is 0 Å². The molecule has 11 nitrogen and oxygen atoms in total. The van der Waals surface area contributed by atoms with Crippen molar-refractivity contribution in [1.82, 2.24) is 25.7 Å². The number of fused-ring (bicyclic) bond motifs is 1. The molecule has 6 aromatic rings. The number of carboxylic acids is 1. The van der Waals surface area contributed by atoms with Crippen LogP contribution in [0.1, 0.15) is 46.7 Å². The van der Waals surface area contributed by atoms with Gasteiger partial charge in [0, 0.05) is 42.3 Å². The minimum absolute atomic E-state index is 0. The molecule has 0 aliphatic carbocycles. The van der Waals surface area contributed by atoms with Crippen LogP contribution in [0.15, 0.2) is 84.4 Å². The summed E-state index contributed by atoms with van der Waals surface area (Å²) >= 11 is 1.25. The van der Waals surface area contributed by atoms with E-state index >= 15 is 4.39 Å². The molecule has 0 unspecified atom stereocenters. The van der Waals surface area contributed by atoms with Crippen molar-refractivity contribution in [3.05, 3.63) is 124 Å². The molecule has 14 heteroatoms.